The highest BCUT2D eigenvalue weighted by atomic mass is 16.5. The van der Waals surface area contributed by atoms with Crippen LogP contribution in [0.1, 0.15) is 16.1 Å². The molecule has 0 N–H and O–H groups in total. The van der Waals surface area contributed by atoms with Crippen molar-refractivity contribution in [2.75, 3.05) is 40.3 Å². The van der Waals surface area contributed by atoms with E-state index in [1.54, 1.807) is 12.1 Å². The molecular weight excluding hydrogens is 334 g/mol. The minimum absolute atomic E-state index is 0.260. The van der Waals surface area contributed by atoms with Crippen LogP contribution in [0.25, 0.3) is 11.0 Å². The Morgan fingerprint density at radius 3 is 2.12 bits per heavy atom. The molecule has 3 rings (SSSR count). The van der Waals surface area contributed by atoms with Crippen molar-refractivity contribution >= 4 is 22.4 Å². The van der Waals surface area contributed by atoms with E-state index >= 15 is 0 Å². The fraction of sp³-hybridized carbons (Fsp3) is 0.250. The molecule has 0 fully saturated rings. The van der Waals surface area contributed by atoms with Gasteiger partial charge in [0, 0.05) is 25.0 Å². The van der Waals surface area contributed by atoms with Gasteiger partial charge >= 0.3 is 0 Å². The van der Waals surface area contributed by atoms with Gasteiger partial charge in [0.1, 0.15) is 5.58 Å². The number of furan rings is 1. The highest BCUT2D eigenvalue weighted by molar-refractivity contribution is 6.15. The maximum absolute atomic E-state index is 13.2. The van der Waals surface area contributed by atoms with E-state index in [4.69, 9.17) is 18.6 Å². The average molecular weight is 355 g/mol. The first-order chi connectivity index (χ1) is 12.5. The Balaban J connectivity index is 2.19. The Bertz CT molecular complexity index is 933. The van der Waals surface area contributed by atoms with Gasteiger partial charge in [0.2, 0.25) is 11.5 Å². The molecule has 6 heteroatoms. The number of methoxy groups -OCH3 is 3. The van der Waals surface area contributed by atoms with Crippen molar-refractivity contribution < 1.29 is 23.4 Å². The molecule has 6 nitrogen and oxygen atoms in total. The Morgan fingerprint density at radius 1 is 0.962 bits per heavy atom. The second-order valence-corrected chi connectivity index (χ2v) is 5.91. The molecule has 0 atom stereocenters. The molecule has 1 heterocycles. The smallest absolute Gasteiger partial charge is 0.230 e. The minimum atomic E-state index is -0.260. The zero-order chi connectivity index (χ0) is 18.8. The summed E-state index contributed by atoms with van der Waals surface area (Å²) in [7, 11) is 8.30. The summed E-state index contributed by atoms with van der Waals surface area (Å²) in [5.74, 6) is 1.27. The Hall–Kier alpha value is -3.15. The molecule has 0 radical (unpaired) electrons. The van der Waals surface area contributed by atoms with E-state index in [0.29, 0.717) is 28.4 Å². The maximum Gasteiger partial charge on any atom is 0.230 e. The monoisotopic (exact) mass is 355 g/mol. The molecule has 0 aliphatic carbocycles. The number of nitrogens with zero attached hydrogens (tertiary/aromatic N) is 1. The zero-order valence-electron chi connectivity index (χ0n) is 15.5. The lowest BCUT2D eigenvalue weighted by Crippen LogP contribution is -2.13. The lowest BCUT2D eigenvalue weighted by Gasteiger charge is -2.15. The fourth-order valence-corrected chi connectivity index (χ4v) is 2.97. The maximum atomic E-state index is 13.2. The molecule has 0 saturated carbocycles. The number of anilines is 1. The Morgan fingerprint density at radius 2 is 1.58 bits per heavy atom. The van der Waals surface area contributed by atoms with Gasteiger partial charge in [-0.3, -0.25) is 4.79 Å². The highest BCUT2D eigenvalue weighted by Crippen LogP contribution is 2.40. The molecule has 136 valence electrons. The number of para-hydroxylation sites is 1. The Labute approximate surface area is 151 Å². The van der Waals surface area contributed by atoms with Crippen molar-refractivity contribution in [3.05, 3.63) is 47.7 Å². The number of rotatable bonds is 6. The second-order valence-electron chi connectivity index (χ2n) is 5.91. The van der Waals surface area contributed by atoms with E-state index in [2.05, 4.69) is 0 Å². The van der Waals surface area contributed by atoms with Gasteiger partial charge in [-0.25, -0.2) is 0 Å². The van der Waals surface area contributed by atoms with Gasteiger partial charge in [0.15, 0.2) is 17.3 Å². The van der Waals surface area contributed by atoms with E-state index in [1.165, 1.54) is 21.3 Å². The van der Waals surface area contributed by atoms with Gasteiger partial charge in [-0.15, -0.1) is 0 Å². The van der Waals surface area contributed by atoms with Crippen molar-refractivity contribution in [3.63, 3.8) is 0 Å². The molecule has 1 aromatic heterocycles. The summed E-state index contributed by atoms with van der Waals surface area (Å²) in [6, 6.07) is 10.8. The molecule has 0 aliphatic heterocycles. The standard InChI is InChI=1S/C20H21NO5/c1-21(2)17-13-8-6-7-9-14(13)26-20(17)18(22)12-10-15(23-3)19(25-5)16(11-12)24-4/h6-11H,1-5H3. The molecule has 0 aliphatic rings. The number of hydrogen-bond acceptors (Lipinski definition) is 6. The minimum Gasteiger partial charge on any atom is -0.493 e. The van der Waals surface area contributed by atoms with Crippen LogP contribution in [-0.2, 0) is 0 Å². The van der Waals surface area contributed by atoms with E-state index < -0.39 is 0 Å². The van der Waals surface area contributed by atoms with Crippen LogP contribution in [0.2, 0.25) is 0 Å². The van der Waals surface area contributed by atoms with Gasteiger partial charge in [0.25, 0.3) is 0 Å². The number of fused-ring (bicyclic) bond motifs is 1. The van der Waals surface area contributed by atoms with E-state index in [1.807, 2.05) is 43.3 Å². The molecule has 0 spiro atoms. The van der Waals surface area contributed by atoms with Crippen LogP contribution in [0.3, 0.4) is 0 Å². The topological polar surface area (TPSA) is 61.1 Å². The summed E-state index contributed by atoms with van der Waals surface area (Å²) < 4.78 is 21.9. The average Bonchev–Trinajstić information content (AvgIpc) is 3.05. The highest BCUT2D eigenvalue weighted by Gasteiger charge is 2.25. The number of carbonyl (C=O) groups is 1. The van der Waals surface area contributed by atoms with Crippen molar-refractivity contribution in [1.82, 2.24) is 0 Å². The molecule has 0 bridgehead atoms. The summed E-state index contributed by atoms with van der Waals surface area (Å²) in [4.78, 5) is 15.1. The number of benzene rings is 2. The van der Waals surface area contributed by atoms with Gasteiger partial charge in [-0.1, -0.05) is 12.1 Å². The van der Waals surface area contributed by atoms with Gasteiger partial charge in [-0.05, 0) is 24.3 Å². The van der Waals surface area contributed by atoms with Crippen molar-refractivity contribution in [2.24, 2.45) is 0 Å². The third-order valence-corrected chi connectivity index (χ3v) is 4.15. The normalized spacial score (nSPS) is 10.7. The lowest BCUT2D eigenvalue weighted by molar-refractivity contribution is 0.101. The van der Waals surface area contributed by atoms with Crippen molar-refractivity contribution in [2.45, 2.75) is 0 Å². The largest absolute Gasteiger partial charge is 0.493 e. The molecule has 2 aromatic carbocycles. The molecule has 26 heavy (non-hydrogen) atoms. The van der Waals surface area contributed by atoms with Crippen molar-refractivity contribution in [3.8, 4) is 17.2 Å². The second kappa shape index (κ2) is 7.00. The molecular formula is C20H21NO5. The van der Waals surface area contributed by atoms with E-state index in [9.17, 15) is 4.79 Å². The summed E-state index contributed by atoms with van der Waals surface area (Å²) in [6.07, 6.45) is 0. The number of ketones is 1. The third kappa shape index (κ3) is 2.83. The van der Waals surface area contributed by atoms with Gasteiger partial charge in [-0.2, -0.15) is 0 Å². The number of ether oxygens (including phenoxy) is 3. The Kier molecular flexibility index (Phi) is 4.75. The van der Waals surface area contributed by atoms with Crippen LogP contribution in [0.15, 0.2) is 40.8 Å². The van der Waals surface area contributed by atoms with E-state index in [-0.39, 0.29) is 11.5 Å². The van der Waals surface area contributed by atoms with Crippen LogP contribution >= 0.6 is 0 Å². The molecule has 3 aromatic rings. The first kappa shape index (κ1) is 17.7. The van der Waals surface area contributed by atoms with Gasteiger partial charge in [0.05, 0.1) is 27.0 Å². The predicted octanol–water partition coefficient (Wildman–Crippen LogP) is 3.76. The van der Waals surface area contributed by atoms with Crippen LogP contribution in [0.4, 0.5) is 5.69 Å². The lowest BCUT2D eigenvalue weighted by atomic mass is 10.1. The first-order valence-electron chi connectivity index (χ1n) is 8.05. The molecule has 0 saturated heterocycles. The van der Waals surface area contributed by atoms with Gasteiger partial charge < -0.3 is 23.5 Å². The zero-order valence-corrected chi connectivity index (χ0v) is 15.5. The third-order valence-electron chi connectivity index (χ3n) is 4.15. The summed E-state index contributed by atoms with van der Waals surface area (Å²) in [5, 5.41) is 0.883. The van der Waals surface area contributed by atoms with Crippen LogP contribution in [0, 0.1) is 0 Å². The SMILES string of the molecule is COc1cc(C(=O)c2oc3ccccc3c2N(C)C)cc(OC)c1OC. The molecule has 0 amide bonds. The number of hydrogen-bond donors (Lipinski definition) is 0. The van der Waals surface area contributed by atoms with Crippen LogP contribution in [-0.4, -0.2) is 41.2 Å². The van der Waals surface area contributed by atoms with Crippen LogP contribution < -0.4 is 19.1 Å². The molecule has 0 unspecified atom stereocenters. The first-order valence-corrected chi connectivity index (χ1v) is 8.05. The quantitative estimate of drug-likeness (QED) is 0.628. The van der Waals surface area contributed by atoms with Crippen molar-refractivity contribution in [1.29, 1.82) is 0 Å². The summed E-state index contributed by atoms with van der Waals surface area (Å²) in [5.41, 5.74) is 1.79. The summed E-state index contributed by atoms with van der Waals surface area (Å²) >= 11 is 0. The fourth-order valence-electron chi connectivity index (χ4n) is 2.97. The van der Waals surface area contributed by atoms with E-state index in [0.717, 1.165) is 11.1 Å². The predicted molar refractivity (Wildman–Crippen MR) is 100 cm³/mol. The number of carbonyl (C=O) groups excluding carboxylic acids is 1. The van der Waals surface area contributed by atoms with Crippen LogP contribution in [0.5, 0.6) is 17.2 Å². The summed E-state index contributed by atoms with van der Waals surface area (Å²) in [6.45, 7) is 0.